The van der Waals surface area contributed by atoms with Crippen LogP contribution in [-0.4, -0.2) is 27.5 Å². The van der Waals surface area contributed by atoms with Gasteiger partial charge in [-0.25, -0.2) is 14.2 Å². The lowest BCUT2D eigenvalue weighted by atomic mass is 10.1. The average molecular weight is 292 g/mol. The Balaban J connectivity index is 2.46. The number of benzene rings is 1. The van der Waals surface area contributed by atoms with Crippen molar-refractivity contribution in [2.24, 2.45) is 0 Å². The van der Waals surface area contributed by atoms with Crippen LogP contribution in [0.4, 0.5) is 11.5 Å². The van der Waals surface area contributed by atoms with Crippen LogP contribution >= 0.6 is 0 Å². The number of nitrogens with two attached hydrogens (primary N) is 1. The third-order valence-corrected chi connectivity index (χ3v) is 3.24. The summed E-state index contributed by atoms with van der Waals surface area (Å²) in [6, 6.07) is 5.47. The van der Waals surface area contributed by atoms with E-state index in [4.69, 9.17) is 10.5 Å². The summed E-state index contributed by atoms with van der Waals surface area (Å²) in [7, 11) is 0.374. The number of ether oxygens (including phenoxy) is 1. The molecule has 0 amide bonds. The lowest BCUT2D eigenvalue weighted by Gasteiger charge is -2.11. The maximum Gasteiger partial charge on any atom is 0.144 e. The monoisotopic (exact) mass is 292 g/mol. The molecule has 0 saturated heterocycles. The Morgan fingerprint density at radius 1 is 1.40 bits per heavy atom. The molecule has 3 N–H and O–H groups in total. The second-order valence-corrected chi connectivity index (χ2v) is 5.31. The summed E-state index contributed by atoms with van der Waals surface area (Å²) < 4.78 is 19.4. The fourth-order valence-electron chi connectivity index (χ4n) is 1.73. The SMILES string of the molecule is COc1ccc(-c2cnc(N)c(C)n2)cc1NS(C)=O. The molecule has 0 bridgehead atoms. The molecule has 1 aromatic heterocycles. The molecule has 7 heteroatoms. The molecule has 2 aromatic rings. The van der Waals surface area contributed by atoms with E-state index in [0.29, 0.717) is 28.6 Å². The van der Waals surface area contributed by atoms with Crippen molar-refractivity contribution in [3.8, 4) is 17.0 Å². The molecule has 0 fully saturated rings. The van der Waals surface area contributed by atoms with Crippen LogP contribution in [-0.2, 0) is 11.0 Å². The van der Waals surface area contributed by atoms with E-state index >= 15 is 0 Å². The van der Waals surface area contributed by atoms with Gasteiger partial charge in [0.05, 0.1) is 30.4 Å². The third kappa shape index (κ3) is 3.05. The number of nitrogens with one attached hydrogen (secondary N) is 1. The number of aryl methyl sites for hydroxylation is 1. The molecule has 2 rings (SSSR count). The van der Waals surface area contributed by atoms with Gasteiger partial charge in [-0.15, -0.1) is 0 Å². The Hall–Kier alpha value is -2.15. The first-order valence-corrected chi connectivity index (χ1v) is 7.44. The number of hydrogen-bond acceptors (Lipinski definition) is 5. The van der Waals surface area contributed by atoms with Gasteiger partial charge in [-0.05, 0) is 25.1 Å². The zero-order valence-corrected chi connectivity index (χ0v) is 12.3. The predicted molar refractivity (Wildman–Crippen MR) is 80.9 cm³/mol. The molecule has 106 valence electrons. The molecular formula is C13H16N4O2S. The fourth-order valence-corrected chi connectivity index (χ4v) is 2.20. The van der Waals surface area contributed by atoms with E-state index in [1.54, 1.807) is 32.6 Å². The highest BCUT2D eigenvalue weighted by Crippen LogP contribution is 2.30. The van der Waals surface area contributed by atoms with Crippen molar-refractivity contribution < 1.29 is 8.95 Å². The highest BCUT2D eigenvalue weighted by Gasteiger charge is 2.09. The molecule has 0 saturated carbocycles. The van der Waals surface area contributed by atoms with Gasteiger partial charge in [-0.3, -0.25) is 0 Å². The van der Waals surface area contributed by atoms with Gasteiger partial charge in [0.15, 0.2) is 0 Å². The van der Waals surface area contributed by atoms with Crippen LogP contribution in [0.2, 0.25) is 0 Å². The Morgan fingerprint density at radius 3 is 2.75 bits per heavy atom. The third-order valence-electron chi connectivity index (χ3n) is 2.73. The van der Waals surface area contributed by atoms with Gasteiger partial charge in [0.1, 0.15) is 22.6 Å². The second kappa shape index (κ2) is 5.87. The summed E-state index contributed by atoms with van der Waals surface area (Å²) >= 11 is 0. The van der Waals surface area contributed by atoms with Crippen LogP contribution in [0.3, 0.4) is 0 Å². The molecule has 0 radical (unpaired) electrons. The summed E-state index contributed by atoms with van der Waals surface area (Å²) in [5, 5.41) is 0. The standard InChI is InChI=1S/C13H16N4O2S/c1-8-13(14)15-7-11(16-8)9-4-5-12(19-2)10(6-9)17-20(3)18/h4-7,17H,1-3H3,(H2,14,15). The quantitative estimate of drug-likeness (QED) is 0.896. The van der Waals surface area contributed by atoms with Crippen molar-refractivity contribution >= 4 is 22.5 Å². The van der Waals surface area contributed by atoms with Crippen molar-refractivity contribution in [3.63, 3.8) is 0 Å². The van der Waals surface area contributed by atoms with Gasteiger partial charge in [0.2, 0.25) is 0 Å². The van der Waals surface area contributed by atoms with E-state index in [0.717, 1.165) is 5.56 Å². The van der Waals surface area contributed by atoms with Crippen molar-refractivity contribution in [3.05, 3.63) is 30.1 Å². The molecule has 6 nitrogen and oxygen atoms in total. The molecule has 1 unspecified atom stereocenters. The van der Waals surface area contributed by atoms with E-state index < -0.39 is 11.0 Å². The van der Waals surface area contributed by atoms with E-state index in [9.17, 15) is 4.21 Å². The van der Waals surface area contributed by atoms with E-state index in [1.165, 1.54) is 0 Å². The zero-order valence-electron chi connectivity index (χ0n) is 11.5. The molecule has 1 heterocycles. The van der Waals surface area contributed by atoms with Crippen molar-refractivity contribution in [2.75, 3.05) is 23.8 Å². The Morgan fingerprint density at radius 2 is 2.15 bits per heavy atom. The van der Waals surface area contributed by atoms with E-state index in [1.807, 2.05) is 12.1 Å². The molecule has 0 aliphatic rings. The first kappa shape index (κ1) is 14.3. The smallest absolute Gasteiger partial charge is 0.144 e. The molecule has 1 aromatic carbocycles. The number of methoxy groups -OCH3 is 1. The second-order valence-electron chi connectivity index (χ2n) is 4.20. The van der Waals surface area contributed by atoms with Crippen molar-refractivity contribution in [1.82, 2.24) is 9.97 Å². The van der Waals surface area contributed by atoms with E-state index in [-0.39, 0.29) is 0 Å². The maximum absolute atomic E-state index is 11.3. The fraction of sp³-hybridized carbons (Fsp3) is 0.231. The van der Waals surface area contributed by atoms with Gasteiger partial charge < -0.3 is 15.2 Å². The topological polar surface area (TPSA) is 90.1 Å². The number of anilines is 2. The van der Waals surface area contributed by atoms with Crippen molar-refractivity contribution in [1.29, 1.82) is 0 Å². The van der Waals surface area contributed by atoms with Gasteiger partial charge >= 0.3 is 0 Å². The zero-order chi connectivity index (χ0) is 14.7. The lowest BCUT2D eigenvalue weighted by Crippen LogP contribution is -2.03. The number of nitrogen functional groups attached to an aromatic ring is 1. The molecule has 1 atom stereocenters. The van der Waals surface area contributed by atoms with Crippen LogP contribution in [0.15, 0.2) is 24.4 Å². The Kier molecular flexibility index (Phi) is 4.19. The highest BCUT2D eigenvalue weighted by molar-refractivity contribution is 7.85. The maximum atomic E-state index is 11.3. The first-order valence-electron chi connectivity index (χ1n) is 5.89. The van der Waals surface area contributed by atoms with Gasteiger partial charge in [0, 0.05) is 11.8 Å². The van der Waals surface area contributed by atoms with E-state index in [2.05, 4.69) is 14.7 Å². The summed E-state index contributed by atoms with van der Waals surface area (Å²) in [5.74, 6) is 1.03. The number of rotatable bonds is 4. The Labute approximate surface area is 120 Å². The summed E-state index contributed by atoms with van der Waals surface area (Å²) in [5.41, 5.74) is 8.52. The minimum atomic E-state index is -1.19. The Bertz CT molecular complexity index is 661. The number of nitrogens with zero attached hydrogens (tertiary/aromatic N) is 2. The lowest BCUT2D eigenvalue weighted by molar-refractivity contribution is 0.417. The van der Waals surface area contributed by atoms with Gasteiger partial charge in [-0.2, -0.15) is 0 Å². The predicted octanol–water partition coefficient (Wildman–Crippen LogP) is 1.75. The molecule has 20 heavy (non-hydrogen) atoms. The molecule has 0 aliphatic carbocycles. The minimum absolute atomic E-state index is 0.412. The number of aromatic nitrogens is 2. The van der Waals surface area contributed by atoms with Crippen LogP contribution in [0.25, 0.3) is 11.3 Å². The van der Waals surface area contributed by atoms with Crippen molar-refractivity contribution in [2.45, 2.75) is 6.92 Å². The van der Waals surface area contributed by atoms with Crippen LogP contribution in [0.1, 0.15) is 5.69 Å². The molecular weight excluding hydrogens is 276 g/mol. The largest absolute Gasteiger partial charge is 0.495 e. The van der Waals surface area contributed by atoms with Gasteiger partial charge in [0.25, 0.3) is 0 Å². The summed E-state index contributed by atoms with van der Waals surface area (Å²) in [4.78, 5) is 8.48. The average Bonchev–Trinajstić information content (AvgIpc) is 2.41. The van der Waals surface area contributed by atoms with Crippen LogP contribution in [0, 0.1) is 6.92 Å². The summed E-state index contributed by atoms with van der Waals surface area (Å²) in [6.45, 7) is 1.80. The van der Waals surface area contributed by atoms with Gasteiger partial charge in [-0.1, -0.05) is 0 Å². The van der Waals surface area contributed by atoms with Crippen LogP contribution < -0.4 is 15.2 Å². The normalized spacial score (nSPS) is 11.9. The minimum Gasteiger partial charge on any atom is -0.495 e. The first-order chi connectivity index (χ1) is 9.51. The molecule has 0 aliphatic heterocycles. The molecule has 0 spiro atoms. The number of hydrogen-bond donors (Lipinski definition) is 2. The highest BCUT2D eigenvalue weighted by atomic mass is 32.2. The van der Waals surface area contributed by atoms with Crippen LogP contribution in [0.5, 0.6) is 5.75 Å². The summed E-state index contributed by atoms with van der Waals surface area (Å²) in [6.07, 6.45) is 3.16.